The van der Waals surface area contributed by atoms with Crippen molar-refractivity contribution >= 4 is 52.2 Å². The number of hydrogen-bond donors (Lipinski definition) is 0. The van der Waals surface area contributed by atoms with Gasteiger partial charge in [0.15, 0.2) is 5.78 Å². The van der Waals surface area contributed by atoms with E-state index in [4.69, 9.17) is 51.1 Å². The number of carbonyl (C=O) groups excluding carboxylic acids is 1. The van der Waals surface area contributed by atoms with Gasteiger partial charge in [0, 0.05) is 13.0 Å². The second-order valence-corrected chi connectivity index (χ2v) is 6.46. The van der Waals surface area contributed by atoms with E-state index in [9.17, 15) is 4.79 Å². The van der Waals surface area contributed by atoms with Gasteiger partial charge in [0.05, 0.1) is 31.8 Å². The molecular formula is C14H14Cl4O2. The Bertz CT molecular complexity index is 524. The first kappa shape index (κ1) is 16.4. The Morgan fingerprint density at radius 2 is 1.85 bits per heavy atom. The van der Waals surface area contributed by atoms with Crippen molar-refractivity contribution in [3.8, 4) is 0 Å². The fourth-order valence-electron chi connectivity index (χ4n) is 2.40. The molecule has 0 saturated heterocycles. The van der Waals surface area contributed by atoms with Crippen LogP contribution in [0.1, 0.15) is 36.5 Å². The number of carbonyl (C=O) groups is 1. The van der Waals surface area contributed by atoms with E-state index in [0.717, 1.165) is 12.8 Å². The Morgan fingerprint density at radius 1 is 1.20 bits per heavy atom. The zero-order valence-electron chi connectivity index (χ0n) is 10.9. The van der Waals surface area contributed by atoms with Gasteiger partial charge in [0.25, 0.3) is 0 Å². The number of benzene rings is 1. The molecule has 110 valence electrons. The van der Waals surface area contributed by atoms with Crippen molar-refractivity contribution in [2.75, 3.05) is 6.61 Å². The molecule has 1 aliphatic rings. The maximum absolute atomic E-state index is 12.3. The fraction of sp³-hybridized carbons (Fsp3) is 0.500. The van der Waals surface area contributed by atoms with Gasteiger partial charge in [-0.25, -0.2) is 0 Å². The van der Waals surface area contributed by atoms with E-state index >= 15 is 0 Å². The first-order chi connectivity index (χ1) is 9.43. The van der Waals surface area contributed by atoms with E-state index in [1.54, 1.807) is 0 Å². The predicted molar refractivity (Wildman–Crippen MR) is 83.6 cm³/mol. The summed E-state index contributed by atoms with van der Waals surface area (Å²) in [5.41, 5.74) is 0.266. The zero-order valence-corrected chi connectivity index (χ0v) is 13.9. The normalized spacial score (nSPS) is 21.6. The fourth-order valence-corrected chi connectivity index (χ4v) is 3.52. The monoisotopic (exact) mass is 354 g/mol. The average Bonchev–Trinajstić information content (AvgIpc) is 2.33. The largest absolute Gasteiger partial charge is 0.378 e. The molecule has 0 amide bonds. The highest BCUT2D eigenvalue weighted by molar-refractivity contribution is 6.51. The smallest absolute Gasteiger partial charge is 0.166 e. The molecule has 0 heterocycles. The Hall–Kier alpha value is 0.01000. The van der Waals surface area contributed by atoms with E-state index < -0.39 is 0 Å². The second kappa shape index (κ2) is 6.85. The van der Waals surface area contributed by atoms with Crippen LogP contribution in [0.15, 0.2) is 6.07 Å². The van der Waals surface area contributed by atoms with Crippen LogP contribution in [0, 0.1) is 5.92 Å². The van der Waals surface area contributed by atoms with Crippen LogP contribution in [0.2, 0.25) is 20.1 Å². The Morgan fingerprint density at radius 3 is 2.45 bits per heavy atom. The SMILES string of the molecule is CCOC1CC(CC(=O)c2c(Cl)cc(Cl)c(Cl)c2Cl)C1. The van der Waals surface area contributed by atoms with Crippen molar-refractivity contribution in [3.63, 3.8) is 0 Å². The van der Waals surface area contributed by atoms with E-state index in [1.165, 1.54) is 6.07 Å². The van der Waals surface area contributed by atoms with Crippen molar-refractivity contribution in [3.05, 3.63) is 31.7 Å². The van der Waals surface area contributed by atoms with Crippen molar-refractivity contribution in [2.45, 2.75) is 32.3 Å². The molecule has 0 aliphatic heterocycles. The van der Waals surface area contributed by atoms with Gasteiger partial charge in [0.1, 0.15) is 0 Å². The molecule has 0 N–H and O–H groups in total. The lowest BCUT2D eigenvalue weighted by molar-refractivity contribution is -0.0246. The topological polar surface area (TPSA) is 26.3 Å². The van der Waals surface area contributed by atoms with Crippen LogP contribution < -0.4 is 0 Å². The lowest BCUT2D eigenvalue weighted by Crippen LogP contribution is -2.32. The molecule has 0 aromatic heterocycles. The highest BCUT2D eigenvalue weighted by atomic mass is 35.5. The minimum atomic E-state index is -0.0986. The number of ketones is 1. The van der Waals surface area contributed by atoms with Gasteiger partial charge in [-0.2, -0.15) is 0 Å². The lowest BCUT2D eigenvalue weighted by Gasteiger charge is -2.34. The number of Topliss-reactive ketones (excluding diaryl/α,β-unsaturated/α-hetero) is 1. The van der Waals surface area contributed by atoms with Crippen molar-refractivity contribution in [1.29, 1.82) is 0 Å². The Labute approximate surface area is 138 Å². The summed E-state index contributed by atoms with van der Waals surface area (Å²) >= 11 is 23.9. The molecule has 1 saturated carbocycles. The van der Waals surface area contributed by atoms with Gasteiger partial charge >= 0.3 is 0 Å². The predicted octanol–water partition coefficient (Wildman–Crippen LogP) is 5.69. The summed E-state index contributed by atoms with van der Waals surface area (Å²) in [5, 5.41) is 0.796. The molecular weight excluding hydrogens is 342 g/mol. The molecule has 0 unspecified atom stereocenters. The quantitative estimate of drug-likeness (QED) is 0.385. The molecule has 1 aromatic rings. The van der Waals surface area contributed by atoms with E-state index in [-0.39, 0.29) is 37.5 Å². The first-order valence-corrected chi connectivity index (χ1v) is 7.93. The third-order valence-corrected chi connectivity index (χ3v) is 5.02. The minimum absolute atomic E-state index is 0.0986. The molecule has 0 bridgehead atoms. The molecule has 0 radical (unpaired) electrons. The molecule has 1 aliphatic carbocycles. The maximum atomic E-state index is 12.3. The van der Waals surface area contributed by atoms with Crippen LogP contribution in [-0.4, -0.2) is 18.5 Å². The third kappa shape index (κ3) is 3.42. The van der Waals surface area contributed by atoms with Gasteiger partial charge in [-0.1, -0.05) is 46.4 Å². The number of halogens is 4. The number of rotatable bonds is 5. The second-order valence-electron chi connectivity index (χ2n) is 4.89. The van der Waals surface area contributed by atoms with Gasteiger partial charge < -0.3 is 4.74 Å². The van der Waals surface area contributed by atoms with Crippen LogP contribution in [0.4, 0.5) is 0 Å². The number of ether oxygens (including phenoxy) is 1. The summed E-state index contributed by atoms with van der Waals surface area (Å²) in [6.07, 6.45) is 2.48. The number of hydrogen-bond acceptors (Lipinski definition) is 2. The third-order valence-electron chi connectivity index (χ3n) is 3.46. The van der Waals surface area contributed by atoms with Gasteiger partial charge in [0.2, 0.25) is 0 Å². The minimum Gasteiger partial charge on any atom is -0.378 e. The Kier molecular flexibility index (Phi) is 5.61. The van der Waals surface area contributed by atoms with E-state index in [1.807, 2.05) is 6.92 Å². The maximum Gasteiger partial charge on any atom is 0.166 e. The molecule has 1 fully saturated rings. The van der Waals surface area contributed by atoms with Crippen LogP contribution in [-0.2, 0) is 4.74 Å². The van der Waals surface area contributed by atoms with Crippen LogP contribution in [0.5, 0.6) is 0 Å². The highest BCUT2D eigenvalue weighted by Crippen LogP contribution is 2.40. The van der Waals surface area contributed by atoms with Gasteiger partial charge in [-0.15, -0.1) is 0 Å². The standard InChI is InChI=1S/C14H14Cl4O2/c1-2-20-8-3-7(4-8)5-11(19)12-9(15)6-10(16)13(17)14(12)18/h6-8H,2-5H2,1H3. The molecule has 0 spiro atoms. The zero-order chi connectivity index (χ0) is 14.9. The summed E-state index contributed by atoms with van der Waals surface area (Å²) in [5.74, 6) is 0.221. The van der Waals surface area contributed by atoms with Crippen LogP contribution in [0.25, 0.3) is 0 Å². The summed E-state index contributed by atoms with van der Waals surface area (Å²) in [7, 11) is 0. The summed E-state index contributed by atoms with van der Waals surface area (Å²) in [4.78, 5) is 12.3. The first-order valence-electron chi connectivity index (χ1n) is 6.41. The lowest BCUT2D eigenvalue weighted by atomic mass is 9.78. The molecule has 2 nitrogen and oxygen atoms in total. The molecule has 20 heavy (non-hydrogen) atoms. The van der Waals surface area contributed by atoms with Crippen LogP contribution in [0.3, 0.4) is 0 Å². The summed E-state index contributed by atoms with van der Waals surface area (Å²) in [6.45, 7) is 2.67. The molecule has 6 heteroatoms. The highest BCUT2D eigenvalue weighted by Gasteiger charge is 2.32. The molecule has 2 rings (SSSR count). The Balaban J connectivity index is 2.06. The average molecular weight is 356 g/mol. The molecule has 1 aromatic carbocycles. The van der Waals surface area contributed by atoms with Crippen LogP contribution >= 0.6 is 46.4 Å². The van der Waals surface area contributed by atoms with E-state index in [0.29, 0.717) is 18.9 Å². The van der Waals surface area contributed by atoms with Gasteiger partial charge in [-0.3, -0.25) is 4.79 Å². The van der Waals surface area contributed by atoms with Crippen molar-refractivity contribution in [2.24, 2.45) is 5.92 Å². The van der Waals surface area contributed by atoms with Crippen molar-refractivity contribution in [1.82, 2.24) is 0 Å². The molecule has 0 atom stereocenters. The van der Waals surface area contributed by atoms with Crippen molar-refractivity contribution < 1.29 is 9.53 Å². The van der Waals surface area contributed by atoms with E-state index in [2.05, 4.69) is 0 Å². The summed E-state index contributed by atoms with van der Waals surface area (Å²) in [6, 6.07) is 1.45. The summed E-state index contributed by atoms with van der Waals surface area (Å²) < 4.78 is 5.48. The van der Waals surface area contributed by atoms with Gasteiger partial charge in [-0.05, 0) is 31.7 Å².